The van der Waals surface area contributed by atoms with E-state index in [4.69, 9.17) is 0 Å². The summed E-state index contributed by atoms with van der Waals surface area (Å²) in [6.07, 6.45) is 77.3. The Balaban J connectivity index is 0.000000134. The maximum atomic E-state index is 2.57. The Kier molecular flexibility index (Phi) is 29.7. The molecule has 0 N–H and O–H groups in total. The summed E-state index contributed by atoms with van der Waals surface area (Å²) in [4.78, 5) is 0. The van der Waals surface area contributed by atoms with Crippen molar-refractivity contribution in [1.29, 1.82) is 0 Å². The van der Waals surface area contributed by atoms with Gasteiger partial charge in [-0.3, -0.25) is 0 Å². The third kappa shape index (κ3) is 25.5. The minimum Gasteiger partial charge on any atom is -0.0625 e. The van der Waals surface area contributed by atoms with Crippen molar-refractivity contribution in [3.05, 3.63) is 0 Å². The second-order valence-corrected chi connectivity index (χ2v) is 44.5. The van der Waals surface area contributed by atoms with E-state index in [2.05, 4.69) is 132 Å². The van der Waals surface area contributed by atoms with Crippen LogP contribution in [-0.4, -0.2) is 0 Å². The summed E-state index contributed by atoms with van der Waals surface area (Å²) in [5.41, 5.74) is 6.13. The van der Waals surface area contributed by atoms with Crippen molar-refractivity contribution in [3.63, 3.8) is 0 Å². The molecule has 21 aliphatic rings. The summed E-state index contributed by atoms with van der Waals surface area (Å²) in [5, 5.41) is 0. The van der Waals surface area contributed by atoms with Crippen LogP contribution in [0, 0.1) is 138 Å². The molecule has 0 amide bonds. The molecule has 0 aromatic carbocycles. The van der Waals surface area contributed by atoms with Gasteiger partial charge in [0, 0.05) is 0 Å². The molecular weight excluding hydrogens is 1130 g/mol. The highest BCUT2D eigenvalue weighted by Crippen LogP contribution is 2.59. The van der Waals surface area contributed by atoms with E-state index in [1.54, 1.807) is 96.3 Å². The van der Waals surface area contributed by atoms with Crippen molar-refractivity contribution in [2.45, 2.75) is 459 Å². The Bertz CT molecular complexity index is 2020. The van der Waals surface area contributed by atoms with Crippen molar-refractivity contribution >= 4 is 0 Å². The van der Waals surface area contributed by atoms with E-state index in [0.29, 0.717) is 27.1 Å². The summed E-state index contributed by atoms with van der Waals surface area (Å²) in [7, 11) is 0. The largest absolute Gasteiger partial charge is 0.0625 e. The minimum absolute atomic E-state index is 0.507. The highest BCUT2D eigenvalue weighted by Gasteiger charge is 2.48. The van der Waals surface area contributed by atoms with Gasteiger partial charge in [0.25, 0.3) is 0 Å². The lowest BCUT2D eigenvalue weighted by Gasteiger charge is -2.53. The van der Waals surface area contributed by atoms with E-state index in [1.807, 2.05) is 0 Å². The lowest BCUT2D eigenvalue weighted by atomic mass is 9.52. The Morgan fingerprint density at radius 2 is 0.617 bits per heavy atom. The normalized spacial score (nSPS) is 39.9. The van der Waals surface area contributed by atoms with Gasteiger partial charge in [0.1, 0.15) is 0 Å². The van der Waals surface area contributed by atoms with Crippen molar-refractivity contribution < 1.29 is 0 Å². The molecule has 21 aliphatic carbocycles. The molecule has 94 heavy (non-hydrogen) atoms. The van der Waals surface area contributed by atoms with E-state index in [0.717, 1.165) is 110 Å². The second-order valence-electron chi connectivity index (χ2n) is 44.5. The van der Waals surface area contributed by atoms with Crippen LogP contribution in [0.4, 0.5) is 0 Å². The number of fused-ring (bicyclic) bond motifs is 10. The topological polar surface area (TPSA) is 0 Å². The van der Waals surface area contributed by atoms with Gasteiger partial charge in [-0.15, -0.1) is 0 Å². The number of hydrogen-bond acceptors (Lipinski definition) is 0. The lowest BCUT2D eigenvalue weighted by molar-refractivity contribution is -0.0282. The zero-order chi connectivity index (χ0) is 68.2. The summed E-state index contributed by atoms with van der Waals surface area (Å²) >= 11 is 0. The zero-order valence-electron chi connectivity index (χ0n) is 68.2. The van der Waals surface area contributed by atoms with E-state index in [9.17, 15) is 0 Å². The molecule has 0 spiro atoms. The molecule has 12 bridgehead atoms. The van der Waals surface area contributed by atoms with Gasteiger partial charge in [0.15, 0.2) is 0 Å². The van der Waals surface area contributed by atoms with Crippen LogP contribution in [0.15, 0.2) is 0 Å². The zero-order valence-corrected chi connectivity index (χ0v) is 68.2. The number of rotatable bonds is 1. The second kappa shape index (κ2) is 35.0. The van der Waals surface area contributed by atoms with Crippen molar-refractivity contribution in [3.8, 4) is 0 Å². The van der Waals surface area contributed by atoms with Crippen LogP contribution in [0.5, 0.6) is 0 Å². The summed E-state index contributed by atoms with van der Waals surface area (Å²) in [6, 6.07) is 0. The van der Waals surface area contributed by atoms with Crippen LogP contribution in [0.1, 0.15) is 459 Å². The van der Waals surface area contributed by atoms with Crippen LogP contribution in [0.2, 0.25) is 0 Å². The van der Waals surface area contributed by atoms with Gasteiger partial charge in [-0.25, -0.2) is 0 Å². The summed E-state index contributed by atoms with van der Waals surface area (Å²) in [5.74, 6) is 16.8. The van der Waals surface area contributed by atoms with Crippen molar-refractivity contribution in [1.82, 2.24) is 0 Å². The maximum absolute atomic E-state index is 2.57. The Hall–Kier alpha value is 0. The molecule has 0 heteroatoms. The first-order valence-corrected chi connectivity index (χ1v) is 44.2. The van der Waals surface area contributed by atoms with Gasteiger partial charge in [-0.1, -0.05) is 241 Å². The standard InChI is InChI=1S/C13H24.C11H18.C11H22.2C9H16.2C8H14.2C8H16.C5H10.C4H8/c1-13(10-6-3-7-11-13)12-8-4-2-5-9-12;1-7-10-3-8-2-9(5-10)6-11(7)4-8;1-10(2,3)11(4)8-6-5-7-9-11;1-9-5-2-8(3-6-9)4-7-9;1-7-6-8-2-4-9(7)5-3-8;1-8-4-2-7(6-8)3-5-8;1-6-4-7-2-3-8(6)5-7;1-7(2,3)8(4)5-6-8;1-8(2)6-4-3-5-7-8;1-5(2)3-4-5;1-4-2-3-4/h12H,2-11H2,1H3;7-11H,2-6H2,1H3;5-9H2,1-4H3;8H,2-7H2,1H3;7-9H,2-6H2,1H3;7H,2-6H2,1H3;6-8H,2-5H2,1H3;5-6H2,1-4H3;3-7H2,1-2H3;3-4H2,1-2H3;4H,2-3H2,1H3. The average molecular weight is 1300 g/mol. The molecule has 0 aromatic rings. The molecule has 0 saturated heterocycles. The van der Waals surface area contributed by atoms with Gasteiger partial charge in [-0.05, 0) is 356 Å². The first kappa shape index (κ1) is 79.7. The molecule has 21 fully saturated rings. The number of hydrogen-bond donors (Lipinski definition) is 0. The predicted molar refractivity (Wildman–Crippen MR) is 418 cm³/mol. The molecule has 21 saturated carbocycles. The summed E-state index contributed by atoms with van der Waals surface area (Å²) in [6.45, 7) is 45.5. The van der Waals surface area contributed by atoms with Gasteiger partial charge >= 0.3 is 0 Å². The van der Waals surface area contributed by atoms with Crippen LogP contribution in [0.25, 0.3) is 0 Å². The van der Waals surface area contributed by atoms with Gasteiger partial charge in [-0.2, -0.15) is 0 Å². The van der Waals surface area contributed by atoms with Crippen molar-refractivity contribution in [2.75, 3.05) is 0 Å². The average Bonchev–Trinajstić information content (AvgIpc) is 0.858. The Morgan fingerprint density at radius 1 is 0.255 bits per heavy atom. The molecule has 4 unspecified atom stereocenters. The molecule has 0 radical (unpaired) electrons. The Labute approximate surface area is 593 Å². The van der Waals surface area contributed by atoms with Crippen LogP contribution in [0.3, 0.4) is 0 Å². The highest BCUT2D eigenvalue weighted by molar-refractivity contribution is 4.99. The fraction of sp³-hybridized carbons (Fsp3) is 1.00. The molecule has 0 aromatic heterocycles. The van der Waals surface area contributed by atoms with Crippen LogP contribution >= 0.6 is 0 Å². The molecule has 0 nitrogen and oxygen atoms in total. The maximum Gasteiger partial charge on any atom is -0.0277 e. The quantitative estimate of drug-likeness (QED) is 0.245. The molecule has 21 rings (SSSR count). The SMILES string of the molecule is CC(C)(C)C1(C)CC1.CC(C)(C)C1(C)CCCCC1.CC1(C)CC1.CC1(C)CCCCC1.CC1(C2CCCCC2)CCCCC1.CC12CCC(CC1)C2.CC12CCC(CC1)CC2.CC1C2CC3CC(C2)CC1C3.CC1CC1.CC1CC2CCC1C2.CC1CC2CCC1CC2. The summed E-state index contributed by atoms with van der Waals surface area (Å²) < 4.78 is 0. The smallest absolute Gasteiger partial charge is 0.0277 e. The van der Waals surface area contributed by atoms with Gasteiger partial charge < -0.3 is 0 Å². The fourth-order valence-corrected chi connectivity index (χ4v) is 22.9. The van der Waals surface area contributed by atoms with E-state index >= 15 is 0 Å². The Morgan fingerprint density at radius 3 is 0.862 bits per heavy atom. The van der Waals surface area contributed by atoms with E-state index < -0.39 is 0 Å². The molecule has 550 valence electrons. The van der Waals surface area contributed by atoms with E-state index in [-0.39, 0.29) is 0 Å². The van der Waals surface area contributed by atoms with Crippen molar-refractivity contribution in [2.24, 2.45) is 138 Å². The third-order valence-electron chi connectivity index (χ3n) is 33.2. The monoisotopic (exact) mass is 1300 g/mol. The predicted octanol–water partition coefficient (Wildman–Crippen LogP) is 31.5. The molecule has 0 aliphatic heterocycles. The van der Waals surface area contributed by atoms with Gasteiger partial charge in [0.05, 0.1) is 0 Å². The minimum atomic E-state index is 0.507. The third-order valence-corrected chi connectivity index (χ3v) is 33.2. The van der Waals surface area contributed by atoms with Crippen LogP contribution < -0.4 is 0 Å². The lowest BCUT2D eigenvalue weighted by Crippen LogP contribution is -2.43. The molecular formula is C94H174. The molecule has 0 heterocycles. The van der Waals surface area contributed by atoms with Gasteiger partial charge in [0.2, 0.25) is 0 Å². The fourth-order valence-electron chi connectivity index (χ4n) is 22.9. The molecule has 4 atom stereocenters. The first-order valence-electron chi connectivity index (χ1n) is 44.2. The first-order chi connectivity index (χ1) is 44.2. The van der Waals surface area contributed by atoms with E-state index in [1.165, 1.54) is 231 Å². The highest BCUT2D eigenvalue weighted by atomic mass is 14.5. The van der Waals surface area contributed by atoms with Crippen LogP contribution in [-0.2, 0) is 0 Å².